The highest BCUT2D eigenvalue weighted by Crippen LogP contribution is 2.32. The maximum atomic E-state index is 13.8. The molecule has 6 N–H and O–H groups in total. The molecule has 1 saturated carbocycles. The van der Waals surface area contributed by atoms with E-state index in [1.165, 1.54) is 22.9 Å². The number of hydrogen-bond acceptors (Lipinski definition) is 7. The predicted octanol–water partition coefficient (Wildman–Crippen LogP) is 2.57. The Hall–Kier alpha value is -3.92. The standard InChI is InChI=1S/C23H26FN7O2/c24-17-6-9-19(20(13-17)33-14-16-1-2-16)28-22-23(32)31(12-11-27-22)18-7-3-15(4-8-18)5-10-21(29-25)30-26/h3-4,6-9,11-13,16H,1-2,5,10,14,25-26H2,(H,27,28)(H,29,30). The van der Waals surface area contributed by atoms with E-state index in [2.05, 4.69) is 20.8 Å². The van der Waals surface area contributed by atoms with Crippen LogP contribution in [0.5, 0.6) is 5.75 Å². The minimum absolute atomic E-state index is 0.113. The fraction of sp³-hybridized carbons (Fsp3) is 0.261. The summed E-state index contributed by atoms with van der Waals surface area (Å²) in [6.07, 6.45) is 6.62. The fourth-order valence-corrected chi connectivity index (χ4v) is 3.30. The van der Waals surface area contributed by atoms with Gasteiger partial charge in [-0.1, -0.05) is 12.1 Å². The Morgan fingerprint density at radius 1 is 1.24 bits per heavy atom. The van der Waals surface area contributed by atoms with Crippen molar-refractivity contribution in [3.8, 4) is 11.4 Å². The fourth-order valence-electron chi connectivity index (χ4n) is 3.30. The molecule has 1 aliphatic carbocycles. The number of nitrogens with zero attached hydrogens (tertiary/aromatic N) is 3. The summed E-state index contributed by atoms with van der Waals surface area (Å²) in [5, 5.41) is 6.57. The normalized spacial score (nSPS) is 13.6. The van der Waals surface area contributed by atoms with Gasteiger partial charge in [-0.3, -0.25) is 9.36 Å². The molecule has 0 aliphatic heterocycles. The molecule has 10 heteroatoms. The number of hydrazine groups is 1. The van der Waals surface area contributed by atoms with Crippen molar-refractivity contribution >= 4 is 17.3 Å². The molecule has 0 atom stereocenters. The number of amidine groups is 1. The lowest BCUT2D eigenvalue weighted by Crippen LogP contribution is -2.31. The molecule has 0 saturated heterocycles. The highest BCUT2D eigenvalue weighted by Gasteiger charge is 2.22. The predicted molar refractivity (Wildman–Crippen MR) is 125 cm³/mol. The highest BCUT2D eigenvalue weighted by molar-refractivity contribution is 5.81. The molecule has 0 spiro atoms. The maximum Gasteiger partial charge on any atom is 0.298 e. The third-order valence-electron chi connectivity index (χ3n) is 5.40. The van der Waals surface area contributed by atoms with Crippen LogP contribution in [-0.2, 0) is 6.42 Å². The van der Waals surface area contributed by atoms with E-state index in [4.69, 9.17) is 16.4 Å². The summed E-state index contributed by atoms with van der Waals surface area (Å²) in [5.41, 5.74) is 4.32. The quantitative estimate of drug-likeness (QED) is 0.170. The Balaban J connectivity index is 1.52. The van der Waals surface area contributed by atoms with Crippen molar-refractivity contribution in [2.45, 2.75) is 25.7 Å². The van der Waals surface area contributed by atoms with Gasteiger partial charge in [0, 0.05) is 30.6 Å². The Morgan fingerprint density at radius 2 is 2.03 bits per heavy atom. The number of hydrazone groups is 1. The minimum Gasteiger partial charge on any atom is -0.491 e. The van der Waals surface area contributed by atoms with E-state index in [0.29, 0.717) is 48.3 Å². The average molecular weight is 452 g/mol. The SMILES string of the molecule is N/N=C(/CCc1ccc(-n2ccnc(Nc3ccc(F)cc3OCC3CC3)c2=O)cc1)NN. The third kappa shape index (κ3) is 5.66. The summed E-state index contributed by atoms with van der Waals surface area (Å²) in [6.45, 7) is 0.525. The van der Waals surface area contributed by atoms with Crippen molar-refractivity contribution in [1.29, 1.82) is 0 Å². The second-order valence-electron chi connectivity index (χ2n) is 7.86. The van der Waals surface area contributed by atoms with E-state index in [-0.39, 0.29) is 11.4 Å². The van der Waals surface area contributed by atoms with Gasteiger partial charge in [0.25, 0.3) is 5.56 Å². The monoisotopic (exact) mass is 451 g/mol. The molecule has 0 bridgehead atoms. The first-order chi connectivity index (χ1) is 16.1. The van der Waals surface area contributed by atoms with Crippen LogP contribution < -0.4 is 32.7 Å². The molecule has 33 heavy (non-hydrogen) atoms. The lowest BCUT2D eigenvalue weighted by molar-refractivity contribution is 0.300. The van der Waals surface area contributed by atoms with Crippen molar-refractivity contribution in [1.82, 2.24) is 15.0 Å². The molecule has 9 nitrogen and oxygen atoms in total. The molecule has 0 radical (unpaired) electrons. The second kappa shape index (κ2) is 10.1. The summed E-state index contributed by atoms with van der Waals surface area (Å²) in [6, 6.07) is 11.7. The van der Waals surface area contributed by atoms with Crippen LogP contribution in [0, 0.1) is 11.7 Å². The van der Waals surface area contributed by atoms with Gasteiger partial charge in [-0.2, -0.15) is 5.10 Å². The van der Waals surface area contributed by atoms with Crippen molar-refractivity contribution in [3.63, 3.8) is 0 Å². The van der Waals surface area contributed by atoms with Gasteiger partial charge in [0.1, 0.15) is 17.4 Å². The lowest BCUT2D eigenvalue weighted by Gasteiger charge is -2.14. The summed E-state index contributed by atoms with van der Waals surface area (Å²) in [4.78, 5) is 17.3. The number of aryl methyl sites for hydroxylation is 1. The zero-order valence-electron chi connectivity index (χ0n) is 18.0. The lowest BCUT2D eigenvalue weighted by atomic mass is 10.1. The van der Waals surface area contributed by atoms with E-state index in [9.17, 15) is 9.18 Å². The first-order valence-electron chi connectivity index (χ1n) is 10.7. The van der Waals surface area contributed by atoms with Crippen LogP contribution in [0.2, 0.25) is 0 Å². The van der Waals surface area contributed by atoms with E-state index in [1.54, 1.807) is 12.3 Å². The van der Waals surface area contributed by atoms with Gasteiger partial charge < -0.3 is 21.3 Å². The van der Waals surface area contributed by atoms with Crippen molar-refractivity contribution in [3.05, 3.63) is 76.6 Å². The largest absolute Gasteiger partial charge is 0.491 e. The van der Waals surface area contributed by atoms with Gasteiger partial charge in [-0.25, -0.2) is 15.2 Å². The smallest absolute Gasteiger partial charge is 0.298 e. The molecule has 1 fully saturated rings. The Labute approximate surface area is 190 Å². The first-order valence-corrected chi connectivity index (χ1v) is 10.7. The Morgan fingerprint density at radius 3 is 2.73 bits per heavy atom. The van der Waals surface area contributed by atoms with Crippen LogP contribution in [0.4, 0.5) is 15.9 Å². The third-order valence-corrected chi connectivity index (χ3v) is 5.40. The summed E-state index contributed by atoms with van der Waals surface area (Å²) < 4.78 is 21.0. The molecular weight excluding hydrogens is 425 g/mol. The van der Waals surface area contributed by atoms with Crippen molar-refractivity contribution in [2.24, 2.45) is 22.7 Å². The second-order valence-corrected chi connectivity index (χ2v) is 7.86. The molecule has 172 valence electrons. The minimum atomic E-state index is -0.406. The Bertz CT molecular complexity index is 1190. The molecule has 0 amide bonds. The van der Waals surface area contributed by atoms with Gasteiger partial charge in [0.05, 0.1) is 12.3 Å². The van der Waals surface area contributed by atoms with Crippen LogP contribution >= 0.6 is 0 Å². The number of aromatic nitrogens is 2. The first kappa shape index (κ1) is 22.3. The van der Waals surface area contributed by atoms with Crippen LogP contribution in [0.3, 0.4) is 0 Å². The summed E-state index contributed by atoms with van der Waals surface area (Å²) in [5.74, 6) is 11.7. The van der Waals surface area contributed by atoms with Crippen LogP contribution in [0.15, 0.2) is 64.8 Å². The number of halogens is 1. The number of rotatable bonds is 9. The molecule has 2 aromatic carbocycles. The van der Waals surface area contributed by atoms with Crippen LogP contribution in [-0.4, -0.2) is 22.0 Å². The molecule has 1 heterocycles. The molecule has 1 aromatic heterocycles. The number of nitrogens with two attached hydrogens (primary N) is 2. The van der Waals surface area contributed by atoms with E-state index in [0.717, 1.165) is 18.4 Å². The Kier molecular flexibility index (Phi) is 6.84. The van der Waals surface area contributed by atoms with Crippen LogP contribution in [0.25, 0.3) is 5.69 Å². The molecule has 3 aromatic rings. The molecule has 4 rings (SSSR count). The summed E-state index contributed by atoms with van der Waals surface area (Å²) in [7, 11) is 0. The zero-order chi connectivity index (χ0) is 23.2. The van der Waals surface area contributed by atoms with E-state index < -0.39 is 5.82 Å². The van der Waals surface area contributed by atoms with Gasteiger partial charge in [0.2, 0.25) is 0 Å². The van der Waals surface area contributed by atoms with Gasteiger partial charge in [-0.05, 0) is 55.0 Å². The number of anilines is 2. The van der Waals surface area contributed by atoms with E-state index >= 15 is 0 Å². The number of benzene rings is 2. The zero-order valence-corrected chi connectivity index (χ0v) is 18.0. The average Bonchev–Trinajstić information content (AvgIpc) is 3.66. The van der Waals surface area contributed by atoms with Gasteiger partial charge in [0.15, 0.2) is 5.82 Å². The topological polar surface area (TPSA) is 133 Å². The maximum absolute atomic E-state index is 13.8. The number of hydrogen-bond donors (Lipinski definition) is 4. The highest BCUT2D eigenvalue weighted by atomic mass is 19.1. The summed E-state index contributed by atoms with van der Waals surface area (Å²) >= 11 is 0. The molecule has 1 aliphatic rings. The molecule has 0 unspecified atom stereocenters. The number of nitrogens with one attached hydrogen (secondary N) is 2. The van der Waals surface area contributed by atoms with Crippen LogP contribution in [0.1, 0.15) is 24.8 Å². The number of ether oxygens (including phenoxy) is 1. The van der Waals surface area contributed by atoms with Crippen molar-refractivity contribution < 1.29 is 9.13 Å². The van der Waals surface area contributed by atoms with Gasteiger partial charge >= 0.3 is 0 Å². The van der Waals surface area contributed by atoms with E-state index in [1.807, 2.05) is 24.3 Å². The molecular formula is C23H26FN7O2. The van der Waals surface area contributed by atoms with Crippen molar-refractivity contribution in [2.75, 3.05) is 11.9 Å². The van der Waals surface area contributed by atoms with Gasteiger partial charge in [-0.15, -0.1) is 0 Å².